The molecule has 1 atom stereocenters. The molecule has 3 heterocycles. The van der Waals surface area contributed by atoms with Gasteiger partial charge in [0.2, 0.25) is 5.88 Å². The molecule has 0 saturated heterocycles. The lowest BCUT2D eigenvalue weighted by Gasteiger charge is -2.16. The van der Waals surface area contributed by atoms with Crippen LogP contribution in [0.15, 0.2) is 41.5 Å². The number of likely N-dealkylation sites (N-methyl/N-ethyl adjacent to an activating group) is 1. The minimum Gasteiger partial charge on any atom is -0.473 e. The Kier molecular flexibility index (Phi) is 5.68. The van der Waals surface area contributed by atoms with Crippen LogP contribution in [0, 0.1) is 11.6 Å². The third-order valence-electron chi connectivity index (χ3n) is 5.14. The normalized spacial score (nSPS) is 15.5. The summed E-state index contributed by atoms with van der Waals surface area (Å²) in [5.74, 6) is -3.07. The molecule has 2 aromatic heterocycles. The fourth-order valence-corrected chi connectivity index (χ4v) is 3.32. The van der Waals surface area contributed by atoms with E-state index in [1.165, 1.54) is 4.57 Å². The highest BCUT2D eigenvalue weighted by Crippen LogP contribution is 2.34. The Morgan fingerprint density at radius 3 is 2.48 bits per heavy atom. The van der Waals surface area contributed by atoms with E-state index in [2.05, 4.69) is 9.97 Å². The fourth-order valence-electron chi connectivity index (χ4n) is 3.32. The van der Waals surface area contributed by atoms with Crippen LogP contribution < -0.4 is 20.1 Å². The largest absolute Gasteiger partial charge is 0.473 e. The van der Waals surface area contributed by atoms with Gasteiger partial charge in [0.15, 0.2) is 17.4 Å². The molecule has 1 aromatic carbocycles. The van der Waals surface area contributed by atoms with E-state index >= 15 is 0 Å². The van der Waals surface area contributed by atoms with E-state index in [9.17, 15) is 26.7 Å². The zero-order valence-electron chi connectivity index (χ0n) is 17.4. The number of aromatic nitrogens is 3. The first kappa shape index (κ1) is 22.5. The van der Waals surface area contributed by atoms with Gasteiger partial charge >= 0.3 is 11.9 Å². The van der Waals surface area contributed by atoms with Crippen molar-refractivity contribution >= 4 is 5.82 Å². The maximum atomic E-state index is 14.5. The monoisotopic (exact) mass is 468 g/mol. The molecule has 33 heavy (non-hydrogen) atoms. The molecule has 0 bridgehead atoms. The zero-order valence-corrected chi connectivity index (χ0v) is 17.4. The number of hydrogen-bond acceptors (Lipinski definition) is 6. The number of ether oxygens (including phenoxy) is 2. The molecule has 0 fully saturated rings. The van der Waals surface area contributed by atoms with Gasteiger partial charge in [-0.3, -0.25) is 9.55 Å². The van der Waals surface area contributed by atoms with E-state index in [1.54, 1.807) is 6.07 Å². The van der Waals surface area contributed by atoms with Crippen molar-refractivity contribution in [3.05, 3.63) is 69.9 Å². The molecule has 174 valence electrons. The molecule has 7 nitrogen and oxygen atoms in total. The van der Waals surface area contributed by atoms with Crippen LogP contribution in [-0.2, 0) is 19.3 Å². The van der Waals surface area contributed by atoms with Crippen LogP contribution in [0.1, 0.15) is 18.1 Å². The molecule has 0 unspecified atom stereocenters. The summed E-state index contributed by atoms with van der Waals surface area (Å²) in [6.07, 6.45) is -3.22. The molecular weight excluding hydrogens is 451 g/mol. The van der Waals surface area contributed by atoms with Crippen LogP contribution in [0.5, 0.6) is 17.4 Å². The van der Waals surface area contributed by atoms with Crippen LogP contribution >= 0.6 is 0 Å². The first-order chi connectivity index (χ1) is 15.5. The van der Waals surface area contributed by atoms with Crippen molar-refractivity contribution in [2.75, 3.05) is 11.9 Å². The minimum absolute atomic E-state index is 0.0108. The molecular formula is C21H17F5N4O3. The van der Waals surface area contributed by atoms with Gasteiger partial charge in [0.25, 0.3) is 0 Å². The van der Waals surface area contributed by atoms with Crippen molar-refractivity contribution in [3.63, 3.8) is 0 Å². The molecule has 1 aliphatic rings. The van der Waals surface area contributed by atoms with Gasteiger partial charge < -0.3 is 14.4 Å². The topological polar surface area (TPSA) is 69.5 Å². The smallest absolute Gasteiger partial charge is 0.418 e. The van der Waals surface area contributed by atoms with Crippen LogP contribution in [0.25, 0.3) is 0 Å². The van der Waals surface area contributed by atoms with E-state index < -0.39 is 40.6 Å². The first-order valence-electron chi connectivity index (χ1n) is 9.68. The van der Waals surface area contributed by atoms with Crippen molar-refractivity contribution in [1.82, 2.24) is 14.5 Å². The average molecular weight is 468 g/mol. The highest BCUT2D eigenvalue weighted by atomic mass is 19.4. The molecule has 0 amide bonds. The lowest BCUT2D eigenvalue weighted by molar-refractivity contribution is -0.137. The van der Waals surface area contributed by atoms with Gasteiger partial charge in [-0.2, -0.15) is 18.2 Å². The molecule has 0 N–H and O–H groups in total. The van der Waals surface area contributed by atoms with E-state index in [0.717, 1.165) is 18.3 Å². The van der Waals surface area contributed by atoms with Crippen LogP contribution in [0.4, 0.5) is 27.8 Å². The van der Waals surface area contributed by atoms with Crippen LogP contribution in [0.3, 0.4) is 0 Å². The Labute approximate surface area is 184 Å². The number of anilines is 1. The SMILES string of the molecule is C[C@H]1Cn2c(cc(OCc3cc(F)c(Oc4cncc(C(F)(F)F)c4)c(F)c3)nc2=O)N1C. The third-order valence-corrected chi connectivity index (χ3v) is 5.14. The number of halogens is 5. The molecule has 0 saturated carbocycles. The van der Waals surface area contributed by atoms with E-state index in [-0.39, 0.29) is 24.1 Å². The van der Waals surface area contributed by atoms with Gasteiger partial charge in [-0.1, -0.05) is 0 Å². The minimum atomic E-state index is -4.69. The summed E-state index contributed by atoms with van der Waals surface area (Å²) >= 11 is 0. The second-order valence-electron chi connectivity index (χ2n) is 7.49. The van der Waals surface area contributed by atoms with Crippen LogP contribution in [-0.4, -0.2) is 27.6 Å². The quantitative estimate of drug-likeness (QED) is 0.525. The first-order valence-corrected chi connectivity index (χ1v) is 9.68. The van der Waals surface area contributed by atoms with Crippen LogP contribution in [0.2, 0.25) is 0 Å². The Bertz CT molecular complexity index is 1240. The Morgan fingerprint density at radius 1 is 1.12 bits per heavy atom. The number of nitrogens with zero attached hydrogens (tertiary/aromatic N) is 4. The lowest BCUT2D eigenvalue weighted by atomic mass is 10.2. The number of rotatable bonds is 5. The molecule has 12 heteroatoms. The standard InChI is InChI=1S/C21H17F5N4O3/c1-11-9-30-18(29(11)2)6-17(28-20(30)31)32-10-12-3-15(22)19(16(23)4-12)33-14-5-13(7-27-8-14)21(24,25)26/h3-8,11H,9-10H2,1-2H3/t11-/m0/s1. The van der Waals surface area contributed by atoms with Gasteiger partial charge in [0.1, 0.15) is 18.2 Å². The van der Waals surface area contributed by atoms with Crippen molar-refractivity contribution in [1.29, 1.82) is 0 Å². The summed E-state index contributed by atoms with van der Waals surface area (Å²) < 4.78 is 79.2. The fraction of sp³-hybridized carbons (Fsp3) is 0.286. The van der Waals surface area contributed by atoms with Crippen molar-refractivity contribution < 1.29 is 31.4 Å². The third kappa shape index (κ3) is 4.59. The summed E-state index contributed by atoms with van der Waals surface area (Å²) in [5.41, 5.74) is -1.57. The number of fused-ring (bicyclic) bond motifs is 1. The summed E-state index contributed by atoms with van der Waals surface area (Å²) in [6.45, 7) is 2.11. The number of hydrogen-bond donors (Lipinski definition) is 0. The molecule has 4 rings (SSSR count). The van der Waals surface area contributed by atoms with Gasteiger partial charge in [0, 0.05) is 31.9 Å². The molecule has 0 radical (unpaired) electrons. The average Bonchev–Trinajstić information content (AvgIpc) is 3.03. The van der Waals surface area contributed by atoms with Crippen molar-refractivity contribution in [2.24, 2.45) is 0 Å². The number of alkyl halides is 3. The maximum absolute atomic E-state index is 14.5. The second kappa shape index (κ2) is 8.34. The Balaban J connectivity index is 1.51. The summed E-state index contributed by atoms with van der Waals surface area (Å²) in [4.78, 5) is 21.3. The maximum Gasteiger partial charge on any atom is 0.418 e. The molecule has 0 aliphatic carbocycles. The summed E-state index contributed by atoms with van der Waals surface area (Å²) in [7, 11) is 1.82. The van der Waals surface area contributed by atoms with Gasteiger partial charge in [-0.25, -0.2) is 13.6 Å². The predicted molar refractivity (Wildman–Crippen MR) is 106 cm³/mol. The summed E-state index contributed by atoms with van der Waals surface area (Å²) in [5, 5.41) is 0. The number of pyridine rings is 1. The zero-order chi connectivity index (χ0) is 23.9. The van der Waals surface area contributed by atoms with Gasteiger partial charge in [-0.15, -0.1) is 0 Å². The summed E-state index contributed by atoms with van der Waals surface area (Å²) in [6, 6.07) is 4.05. The Hall–Kier alpha value is -3.70. The van der Waals surface area contributed by atoms with Gasteiger partial charge in [0.05, 0.1) is 11.8 Å². The second-order valence-corrected chi connectivity index (χ2v) is 7.49. The molecule has 3 aromatic rings. The highest BCUT2D eigenvalue weighted by molar-refractivity contribution is 5.45. The Morgan fingerprint density at radius 2 is 1.82 bits per heavy atom. The molecule has 0 spiro atoms. The van der Waals surface area contributed by atoms with Crippen molar-refractivity contribution in [2.45, 2.75) is 32.3 Å². The molecule has 1 aliphatic heterocycles. The van der Waals surface area contributed by atoms with E-state index in [0.29, 0.717) is 24.6 Å². The lowest BCUT2D eigenvalue weighted by Crippen LogP contribution is -2.23. The predicted octanol–water partition coefficient (Wildman–Crippen LogP) is 4.14. The van der Waals surface area contributed by atoms with Crippen molar-refractivity contribution in [3.8, 4) is 17.4 Å². The number of benzene rings is 1. The highest BCUT2D eigenvalue weighted by Gasteiger charge is 2.31. The van der Waals surface area contributed by atoms with E-state index in [1.807, 2.05) is 18.9 Å². The van der Waals surface area contributed by atoms with E-state index in [4.69, 9.17) is 9.47 Å². The van der Waals surface area contributed by atoms with Gasteiger partial charge in [-0.05, 0) is 30.7 Å².